The van der Waals surface area contributed by atoms with Gasteiger partial charge in [0.2, 0.25) is 0 Å². The van der Waals surface area contributed by atoms with Gasteiger partial charge in [-0.05, 0) is 37.4 Å². The Kier molecular flexibility index (Phi) is 4.15. The molecule has 0 N–H and O–H groups in total. The zero-order valence-electron chi connectivity index (χ0n) is 10.9. The Morgan fingerprint density at radius 3 is 2.44 bits per heavy atom. The standard InChI is InChI=1S/C15H19FN2/c1-3-17(4-2)12-13-8-7-11-18(13)15-10-6-5-9-14(15)16/h5-11H,3-4,12H2,1-2H3. The summed E-state index contributed by atoms with van der Waals surface area (Å²) in [6, 6.07) is 10.9. The first kappa shape index (κ1) is 12.8. The lowest BCUT2D eigenvalue weighted by Crippen LogP contribution is -2.23. The van der Waals surface area contributed by atoms with E-state index in [1.807, 2.05) is 29.0 Å². The third-order valence-corrected chi connectivity index (χ3v) is 3.23. The number of rotatable bonds is 5. The molecule has 0 fully saturated rings. The van der Waals surface area contributed by atoms with Crippen LogP contribution in [0.2, 0.25) is 0 Å². The lowest BCUT2D eigenvalue weighted by atomic mass is 10.3. The fourth-order valence-corrected chi connectivity index (χ4v) is 2.10. The molecule has 3 heteroatoms. The van der Waals surface area contributed by atoms with Gasteiger partial charge in [0.15, 0.2) is 0 Å². The molecule has 0 bridgehead atoms. The van der Waals surface area contributed by atoms with E-state index >= 15 is 0 Å². The van der Waals surface area contributed by atoms with Gasteiger partial charge in [0.1, 0.15) is 5.82 Å². The second kappa shape index (κ2) is 5.83. The third kappa shape index (κ3) is 2.62. The van der Waals surface area contributed by atoms with Crippen molar-refractivity contribution in [2.24, 2.45) is 0 Å². The molecule has 0 spiro atoms. The van der Waals surface area contributed by atoms with Gasteiger partial charge in [0.25, 0.3) is 0 Å². The largest absolute Gasteiger partial charge is 0.317 e. The van der Waals surface area contributed by atoms with Crippen LogP contribution < -0.4 is 0 Å². The molecular formula is C15H19FN2. The van der Waals surface area contributed by atoms with Gasteiger partial charge in [0.05, 0.1) is 5.69 Å². The average molecular weight is 246 g/mol. The van der Waals surface area contributed by atoms with Crippen LogP contribution in [-0.2, 0) is 6.54 Å². The summed E-state index contributed by atoms with van der Waals surface area (Å²) in [5.74, 6) is -0.186. The molecule has 96 valence electrons. The van der Waals surface area contributed by atoms with Crippen molar-refractivity contribution >= 4 is 0 Å². The number of benzene rings is 1. The molecule has 0 aliphatic carbocycles. The zero-order valence-corrected chi connectivity index (χ0v) is 10.9. The van der Waals surface area contributed by atoms with Gasteiger partial charge >= 0.3 is 0 Å². The van der Waals surface area contributed by atoms with Crippen LogP contribution in [0, 0.1) is 5.82 Å². The molecule has 0 amide bonds. The summed E-state index contributed by atoms with van der Waals surface area (Å²) in [6.07, 6.45) is 1.91. The second-order valence-electron chi connectivity index (χ2n) is 4.28. The molecule has 0 radical (unpaired) electrons. The Hall–Kier alpha value is -1.61. The Balaban J connectivity index is 2.31. The van der Waals surface area contributed by atoms with Gasteiger partial charge in [-0.15, -0.1) is 0 Å². The summed E-state index contributed by atoms with van der Waals surface area (Å²) < 4.78 is 15.7. The first-order valence-corrected chi connectivity index (χ1v) is 6.39. The minimum atomic E-state index is -0.186. The van der Waals surface area contributed by atoms with E-state index < -0.39 is 0 Å². The fourth-order valence-electron chi connectivity index (χ4n) is 2.10. The summed E-state index contributed by atoms with van der Waals surface area (Å²) in [4.78, 5) is 2.31. The molecule has 0 saturated heterocycles. The van der Waals surface area contributed by atoms with E-state index in [0.29, 0.717) is 5.69 Å². The highest BCUT2D eigenvalue weighted by Gasteiger charge is 2.09. The number of nitrogens with zero attached hydrogens (tertiary/aromatic N) is 2. The van der Waals surface area contributed by atoms with Gasteiger partial charge in [-0.3, -0.25) is 4.90 Å². The third-order valence-electron chi connectivity index (χ3n) is 3.23. The first-order valence-electron chi connectivity index (χ1n) is 6.39. The first-order chi connectivity index (χ1) is 8.76. The van der Waals surface area contributed by atoms with Gasteiger partial charge in [0, 0.05) is 18.4 Å². The Bertz CT molecular complexity index is 501. The van der Waals surface area contributed by atoms with Crippen molar-refractivity contribution in [3.8, 4) is 5.69 Å². The van der Waals surface area contributed by atoms with Gasteiger partial charge in [-0.2, -0.15) is 0 Å². The summed E-state index contributed by atoms with van der Waals surface area (Å²) in [7, 11) is 0. The van der Waals surface area contributed by atoms with Crippen molar-refractivity contribution in [3.05, 3.63) is 54.1 Å². The SMILES string of the molecule is CCN(CC)Cc1cccn1-c1ccccc1F. The van der Waals surface area contributed by atoms with Crippen molar-refractivity contribution in [1.82, 2.24) is 9.47 Å². The molecular weight excluding hydrogens is 227 g/mol. The van der Waals surface area contributed by atoms with Crippen LogP contribution in [0.15, 0.2) is 42.6 Å². The fraction of sp³-hybridized carbons (Fsp3) is 0.333. The zero-order chi connectivity index (χ0) is 13.0. The summed E-state index contributed by atoms with van der Waals surface area (Å²) in [6.45, 7) is 7.12. The molecule has 0 saturated carbocycles. The smallest absolute Gasteiger partial charge is 0.147 e. The normalized spacial score (nSPS) is 11.1. The summed E-state index contributed by atoms with van der Waals surface area (Å²) in [5, 5.41) is 0. The second-order valence-corrected chi connectivity index (χ2v) is 4.28. The van der Waals surface area contributed by atoms with Gasteiger partial charge in [-0.25, -0.2) is 4.39 Å². The van der Waals surface area contributed by atoms with Crippen molar-refractivity contribution < 1.29 is 4.39 Å². The predicted octanol–water partition coefficient (Wildman–Crippen LogP) is 3.46. The molecule has 18 heavy (non-hydrogen) atoms. The number of hydrogen-bond acceptors (Lipinski definition) is 1. The summed E-state index contributed by atoms with van der Waals surface area (Å²) in [5.41, 5.74) is 1.73. The maximum absolute atomic E-state index is 13.8. The molecule has 1 heterocycles. The number of aromatic nitrogens is 1. The van der Waals surface area contributed by atoms with E-state index in [0.717, 1.165) is 25.3 Å². The van der Waals surface area contributed by atoms with Crippen molar-refractivity contribution in [2.45, 2.75) is 20.4 Å². The molecule has 1 aromatic heterocycles. The average Bonchev–Trinajstić information content (AvgIpc) is 2.84. The van der Waals surface area contributed by atoms with E-state index in [1.54, 1.807) is 12.1 Å². The molecule has 2 aromatic rings. The Morgan fingerprint density at radius 2 is 1.78 bits per heavy atom. The molecule has 0 atom stereocenters. The van der Waals surface area contributed by atoms with Crippen molar-refractivity contribution in [2.75, 3.05) is 13.1 Å². The van der Waals surface area contributed by atoms with E-state index in [2.05, 4.69) is 18.7 Å². The van der Waals surface area contributed by atoms with Crippen molar-refractivity contribution in [3.63, 3.8) is 0 Å². The monoisotopic (exact) mass is 246 g/mol. The van der Waals surface area contributed by atoms with E-state index in [-0.39, 0.29) is 5.82 Å². The quantitative estimate of drug-likeness (QED) is 0.784. The van der Waals surface area contributed by atoms with E-state index in [4.69, 9.17) is 0 Å². The Labute approximate surface area is 108 Å². The van der Waals surface area contributed by atoms with Crippen LogP contribution in [0.3, 0.4) is 0 Å². The molecule has 0 unspecified atom stereocenters. The van der Waals surface area contributed by atoms with Crippen molar-refractivity contribution in [1.29, 1.82) is 0 Å². The van der Waals surface area contributed by atoms with Crippen LogP contribution in [-0.4, -0.2) is 22.6 Å². The van der Waals surface area contributed by atoms with Gasteiger partial charge < -0.3 is 4.57 Å². The maximum Gasteiger partial charge on any atom is 0.147 e. The lowest BCUT2D eigenvalue weighted by Gasteiger charge is -2.19. The number of halogens is 1. The van der Waals surface area contributed by atoms with Crippen LogP contribution in [0.4, 0.5) is 4.39 Å². The predicted molar refractivity (Wildman–Crippen MR) is 72.4 cm³/mol. The molecule has 1 aromatic carbocycles. The van der Waals surface area contributed by atoms with Gasteiger partial charge in [-0.1, -0.05) is 26.0 Å². The van der Waals surface area contributed by atoms with Crippen LogP contribution in [0.25, 0.3) is 5.69 Å². The molecule has 2 nitrogen and oxygen atoms in total. The lowest BCUT2D eigenvalue weighted by molar-refractivity contribution is 0.290. The highest BCUT2D eigenvalue weighted by molar-refractivity contribution is 5.36. The molecule has 0 aliphatic rings. The minimum absolute atomic E-state index is 0.186. The molecule has 0 aliphatic heterocycles. The van der Waals surface area contributed by atoms with E-state index in [9.17, 15) is 4.39 Å². The number of para-hydroxylation sites is 1. The summed E-state index contributed by atoms with van der Waals surface area (Å²) >= 11 is 0. The van der Waals surface area contributed by atoms with Crippen LogP contribution >= 0.6 is 0 Å². The number of hydrogen-bond donors (Lipinski definition) is 0. The van der Waals surface area contributed by atoms with E-state index in [1.165, 1.54) is 6.07 Å². The molecule has 2 rings (SSSR count). The topological polar surface area (TPSA) is 8.17 Å². The van der Waals surface area contributed by atoms with Crippen LogP contribution in [0.5, 0.6) is 0 Å². The highest BCUT2D eigenvalue weighted by Crippen LogP contribution is 2.17. The maximum atomic E-state index is 13.8. The minimum Gasteiger partial charge on any atom is -0.317 e. The highest BCUT2D eigenvalue weighted by atomic mass is 19.1. The van der Waals surface area contributed by atoms with Crippen LogP contribution in [0.1, 0.15) is 19.5 Å². The Morgan fingerprint density at radius 1 is 1.06 bits per heavy atom.